The van der Waals surface area contributed by atoms with E-state index in [1.807, 2.05) is 74.4 Å². The molecule has 208 valence electrons. The first-order valence-electron chi connectivity index (χ1n) is 13.4. The van der Waals surface area contributed by atoms with Gasteiger partial charge in [-0.2, -0.15) is 10.2 Å². The van der Waals surface area contributed by atoms with Crippen molar-refractivity contribution in [1.82, 2.24) is 10.9 Å². The van der Waals surface area contributed by atoms with E-state index in [1.54, 1.807) is 24.6 Å². The molecule has 0 saturated heterocycles. The number of amides is 2. The average molecular weight is 531 g/mol. The molecule has 2 aromatic rings. The second kappa shape index (κ2) is 18.1. The number of nitrogens with zero attached hydrogens (tertiary/aromatic N) is 4. The number of benzene rings is 2. The fourth-order valence-corrected chi connectivity index (χ4v) is 3.59. The van der Waals surface area contributed by atoms with E-state index in [0.717, 1.165) is 54.6 Å². The van der Waals surface area contributed by atoms with Crippen molar-refractivity contribution in [3.63, 3.8) is 0 Å². The predicted molar refractivity (Wildman–Crippen MR) is 165 cm³/mol. The summed E-state index contributed by atoms with van der Waals surface area (Å²) in [4.78, 5) is 27.9. The van der Waals surface area contributed by atoms with Crippen LogP contribution in [-0.2, 0) is 9.59 Å². The molecule has 0 aliphatic carbocycles. The number of rotatable bonds is 16. The molecule has 0 fully saturated rings. The van der Waals surface area contributed by atoms with Gasteiger partial charge >= 0.3 is 0 Å². The van der Waals surface area contributed by atoms with Crippen molar-refractivity contribution < 1.29 is 9.59 Å². The fraction of sp³-hybridized carbons (Fsp3) is 0.355. The zero-order valence-corrected chi connectivity index (χ0v) is 23.6. The highest BCUT2D eigenvalue weighted by atomic mass is 16.2. The molecule has 39 heavy (non-hydrogen) atoms. The van der Waals surface area contributed by atoms with Gasteiger partial charge in [0.05, 0.1) is 0 Å². The molecule has 0 aliphatic heterocycles. The largest absolute Gasteiger partial charge is 0.378 e. The van der Waals surface area contributed by atoms with Crippen molar-refractivity contribution >= 4 is 47.8 Å². The van der Waals surface area contributed by atoms with Gasteiger partial charge < -0.3 is 9.80 Å². The van der Waals surface area contributed by atoms with Crippen molar-refractivity contribution in [3.05, 3.63) is 71.8 Å². The first-order valence-corrected chi connectivity index (χ1v) is 13.4. The van der Waals surface area contributed by atoms with Gasteiger partial charge in [0.25, 0.3) is 0 Å². The summed E-state index contributed by atoms with van der Waals surface area (Å²) in [5.74, 6) is -0.182. The van der Waals surface area contributed by atoms with Gasteiger partial charge in [-0.3, -0.25) is 9.59 Å². The van der Waals surface area contributed by atoms with Crippen molar-refractivity contribution in [3.8, 4) is 0 Å². The molecular weight excluding hydrogens is 488 g/mol. The Kier molecular flexibility index (Phi) is 14.4. The van der Waals surface area contributed by atoms with Crippen molar-refractivity contribution in [1.29, 1.82) is 0 Å². The molecule has 0 heterocycles. The van der Waals surface area contributed by atoms with Crippen LogP contribution in [0.4, 0.5) is 11.4 Å². The lowest BCUT2D eigenvalue weighted by molar-refractivity contribution is -0.121. The molecule has 8 heteroatoms. The number of nitrogens with one attached hydrogen (secondary N) is 2. The Hall–Kier alpha value is -4.20. The summed E-state index contributed by atoms with van der Waals surface area (Å²) >= 11 is 0. The number of hydrogen-bond acceptors (Lipinski definition) is 6. The maximum Gasteiger partial charge on any atom is 0.240 e. The van der Waals surface area contributed by atoms with Gasteiger partial charge in [0, 0.05) is 64.8 Å². The molecule has 0 saturated carbocycles. The van der Waals surface area contributed by atoms with Crippen LogP contribution < -0.4 is 20.7 Å². The van der Waals surface area contributed by atoms with Gasteiger partial charge in [-0.1, -0.05) is 55.7 Å². The normalized spacial score (nSPS) is 11.6. The molecule has 2 amide bonds. The average Bonchev–Trinajstić information content (AvgIpc) is 2.92. The summed E-state index contributed by atoms with van der Waals surface area (Å²) in [6.45, 7) is 0. The van der Waals surface area contributed by atoms with E-state index in [9.17, 15) is 9.59 Å². The molecule has 0 spiro atoms. The van der Waals surface area contributed by atoms with E-state index in [-0.39, 0.29) is 11.8 Å². The van der Waals surface area contributed by atoms with Crippen LogP contribution in [0.5, 0.6) is 0 Å². The minimum atomic E-state index is -0.0909. The Morgan fingerprint density at radius 1 is 0.615 bits per heavy atom. The van der Waals surface area contributed by atoms with Gasteiger partial charge in [-0.15, -0.1) is 0 Å². The Morgan fingerprint density at radius 2 is 0.974 bits per heavy atom. The van der Waals surface area contributed by atoms with E-state index >= 15 is 0 Å². The zero-order valence-electron chi connectivity index (χ0n) is 23.6. The smallest absolute Gasteiger partial charge is 0.240 e. The summed E-state index contributed by atoms with van der Waals surface area (Å²) < 4.78 is 0. The highest BCUT2D eigenvalue weighted by Crippen LogP contribution is 2.14. The molecule has 0 unspecified atom stereocenters. The molecule has 2 rings (SSSR count). The molecule has 0 aromatic heterocycles. The summed E-state index contributed by atoms with van der Waals surface area (Å²) in [5, 5.41) is 7.92. The second-order valence-electron chi connectivity index (χ2n) is 9.58. The number of anilines is 2. The minimum absolute atomic E-state index is 0.0909. The Labute approximate surface area is 233 Å². The Bertz CT molecular complexity index is 1030. The molecular formula is C31H42N6O2. The number of unbranched alkanes of at least 4 members (excludes halogenated alkanes) is 4. The van der Waals surface area contributed by atoms with Crippen LogP contribution in [0.3, 0.4) is 0 Å². The molecule has 0 radical (unpaired) electrons. The molecule has 8 nitrogen and oxygen atoms in total. The monoisotopic (exact) mass is 530 g/mol. The SMILES string of the molecule is CN(C)c1ccc(/C=C/C=N/NC(=O)CCCCCCCC(=O)N/N=C/C=C/c2ccc(N(C)C)cc2)cc1. The number of allylic oxidation sites excluding steroid dienone is 2. The lowest BCUT2D eigenvalue weighted by Crippen LogP contribution is -2.16. The highest BCUT2D eigenvalue weighted by molar-refractivity contribution is 5.82. The minimum Gasteiger partial charge on any atom is -0.378 e. The maximum absolute atomic E-state index is 11.9. The summed E-state index contributed by atoms with van der Waals surface area (Å²) in [6.07, 6.45) is 16.0. The maximum atomic E-state index is 11.9. The van der Waals surface area contributed by atoms with Crippen molar-refractivity contribution in [2.24, 2.45) is 10.2 Å². The van der Waals surface area contributed by atoms with Crippen molar-refractivity contribution in [2.45, 2.75) is 44.9 Å². The van der Waals surface area contributed by atoms with Gasteiger partial charge in [-0.25, -0.2) is 10.9 Å². The van der Waals surface area contributed by atoms with Crippen LogP contribution >= 0.6 is 0 Å². The third kappa shape index (κ3) is 13.8. The first-order chi connectivity index (χ1) is 18.8. The van der Waals surface area contributed by atoms with Crippen LogP contribution in [0, 0.1) is 0 Å². The number of hydrazone groups is 2. The van der Waals surface area contributed by atoms with Gasteiger partial charge in [0.15, 0.2) is 0 Å². The quantitative estimate of drug-likeness (QED) is 0.171. The number of hydrogen-bond donors (Lipinski definition) is 2. The standard InChI is InChI=1S/C31H42N6O2/c1-36(2)28-20-16-26(17-21-28)12-10-24-32-34-30(38)14-8-6-5-7-9-15-31(39)35-33-25-11-13-27-18-22-29(23-19-27)37(3)4/h10-13,16-25H,5-9,14-15H2,1-4H3,(H,34,38)(H,35,39)/b12-10+,13-11+,32-24+,33-25+. The number of carbonyl (C=O) groups excluding carboxylic acids is 2. The van der Waals surface area contributed by atoms with Gasteiger partial charge in [-0.05, 0) is 60.4 Å². The molecule has 2 aromatic carbocycles. The molecule has 0 bridgehead atoms. The second-order valence-corrected chi connectivity index (χ2v) is 9.58. The van der Waals surface area contributed by atoms with Crippen LogP contribution in [0.2, 0.25) is 0 Å². The third-order valence-electron chi connectivity index (χ3n) is 5.90. The van der Waals surface area contributed by atoms with E-state index in [4.69, 9.17) is 0 Å². The summed E-state index contributed by atoms with van der Waals surface area (Å²) in [7, 11) is 8.03. The molecule has 2 N–H and O–H groups in total. The Morgan fingerprint density at radius 3 is 1.33 bits per heavy atom. The first kappa shape index (κ1) is 31.0. The van der Waals surface area contributed by atoms with Crippen LogP contribution in [0.25, 0.3) is 12.2 Å². The van der Waals surface area contributed by atoms with Crippen LogP contribution in [0.15, 0.2) is 70.9 Å². The fourth-order valence-electron chi connectivity index (χ4n) is 3.59. The van der Waals surface area contributed by atoms with Crippen LogP contribution in [0.1, 0.15) is 56.1 Å². The van der Waals surface area contributed by atoms with E-state index in [1.165, 1.54) is 0 Å². The van der Waals surface area contributed by atoms with E-state index in [0.29, 0.717) is 12.8 Å². The van der Waals surface area contributed by atoms with Gasteiger partial charge in [0.1, 0.15) is 0 Å². The Balaban J connectivity index is 1.47. The van der Waals surface area contributed by atoms with E-state index < -0.39 is 0 Å². The summed E-state index contributed by atoms with van der Waals surface area (Å²) in [6, 6.07) is 16.3. The zero-order chi connectivity index (χ0) is 28.3. The molecule has 0 atom stereocenters. The van der Waals surface area contributed by atoms with Gasteiger partial charge in [0.2, 0.25) is 11.8 Å². The lowest BCUT2D eigenvalue weighted by Gasteiger charge is -2.11. The van der Waals surface area contributed by atoms with Crippen molar-refractivity contribution in [2.75, 3.05) is 38.0 Å². The topological polar surface area (TPSA) is 89.4 Å². The predicted octanol–water partition coefficient (Wildman–Crippen LogP) is 5.48. The third-order valence-corrected chi connectivity index (χ3v) is 5.90. The van der Waals surface area contributed by atoms with E-state index in [2.05, 4.69) is 45.3 Å². The molecule has 0 aliphatic rings. The summed E-state index contributed by atoms with van der Waals surface area (Å²) in [5.41, 5.74) is 9.53. The number of carbonyl (C=O) groups is 2. The lowest BCUT2D eigenvalue weighted by atomic mass is 10.1. The van der Waals surface area contributed by atoms with Crippen LogP contribution in [-0.4, -0.2) is 52.4 Å². The highest BCUT2D eigenvalue weighted by Gasteiger charge is 2.01.